The highest BCUT2D eigenvalue weighted by Gasteiger charge is 2.05. The number of aromatic nitrogens is 1. The fraction of sp³-hybridized carbons (Fsp3) is 0.214. The van der Waals surface area contributed by atoms with Gasteiger partial charge in [0.2, 0.25) is 0 Å². The Bertz CT molecular complexity index is 531. The predicted octanol–water partition coefficient (Wildman–Crippen LogP) is 2.85. The van der Waals surface area contributed by atoms with Crippen LogP contribution in [0.1, 0.15) is 21.5 Å². The standard InChI is InChI=1S/C14H15BrN2O/c1-17-7-6-12(10-17)9-16-14(18)13-4-2-11(8-15)3-5-13/h2-7,10H,8-9H2,1H3,(H,16,18). The minimum atomic E-state index is -0.0417. The second kappa shape index (κ2) is 5.87. The highest BCUT2D eigenvalue weighted by molar-refractivity contribution is 9.08. The highest BCUT2D eigenvalue weighted by Crippen LogP contribution is 2.08. The monoisotopic (exact) mass is 306 g/mol. The van der Waals surface area contributed by atoms with Crippen LogP contribution in [0, 0.1) is 0 Å². The maximum absolute atomic E-state index is 11.9. The molecule has 0 fully saturated rings. The Hall–Kier alpha value is -1.55. The molecular formula is C14H15BrN2O. The van der Waals surface area contributed by atoms with E-state index in [1.54, 1.807) is 0 Å². The van der Waals surface area contributed by atoms with Gasteiger partial charge in [0.25, 0.3) is 5.91 Å². The molecule has 2 aromatic rings. The molecule has 1 amide bonds. The van der Waals surface area contributed by atoms with Crippen LogP contribution in [-0.4, -0.2) is 10.5 Å². The lowest BCUT2D eigenvalue weighted by Crippen LogP contribution is -2.22. The van der Waals surface area contributed by atoms with Gasteiger partial charge in [0.05, 0.1) is 0 Å². The van der Waals surface area contributed by atoms with E-state index in [1.165, 1.54) is 0 Å². The van der Waals surface area contributed by atoms with Crippen LogP contribution < -0.4 is 5.32 Å². The van der Waals surface area contributed by atoms with Gasteiger partial charge in [-0.05, 0) is 29.3 Å². The third-order valence-corrected chi connectivity index (χ3v) is 3.36. The van der Waals surface area contributed by atoms with E-state index in [4.69, 9.17) is 0 Å². The van der Waals surface area contributed by atoms with Crippen LogP contribution in [0.15, 0.2) is 42.7 Å². The topological polar surface area (TPSA) is 34.0 Å². The van der Waals surface area contributed by atoms with Gasteiger partial charge in [0, 0.05) is 36.9 Å². The number of hydrogen-bond acceptors (Lipinski definition) is 1. The first kappa shape index (κ1) is 12.9. The van der Waals surface area contributed by atoms with Gasteiger partial charge in [-0.3, -0.25) is 4.79 Å². The Balaban J connectivity index is 1.94. The molecule has 18 heavy (non-hydrogen) atoms. The Kier molecular flexibility index (Phi) is 4.20. The fourth-order valence-electron chi connectivity index (χ4n) is 1.70. The minimum Gasteiger partial charge on any atom is -0.357 e. The molecular weight excluding hydrogens is 292 g/mol. The van der Waals surface area contributed by atoms with E-state index in [0.717, 1.165) is 16.5 Å². The van der Waals surface area contributed by atoms with Gasteiger partial charge in [-0.25, -0.2) is 0 Å². The van der Waals surface area contributed by atoms with Crippen LogP contribution in [0.2, 0.25) is 0 Å². The number of amides is 1. The van der Waals surface area contributed by atoms with Crippen molar-refractivity contribution in [3.05, 3.63) is 59.4 Å². The van der Waals surface area contributed by atoms with E-state index < -0.39 is 0 Å². The molecule has 4 heteroatoms. The SMILES string of the molecule is Cn1ccc(CNC(=O)c2ccc(CBr)cc2)c1. The zero-order chi connectivity index (χ0) is 13.0. The number of alkyl halides is 1. The zero-order valence-electron chi connectivity index (χ0n) is 10.2. The number of benzene rings is 1. The smallest absolute Gasteiger partial charge is 0.251 e. The molecule has 1 aromatic heterocycles. The average Bonchev–Trinajstić information content (AvgIpc) is 2.82. The Labute approximate surface area is 115 Å². The summed E-state index contributed by atoms with van der Waals surface area (Å²) in [6.45, 7) is 0.555. The molecule has 1 heterocycles. The quantitative estimate of drug-likeness (QED) is 0.866. The first-order valence-corrected chi connectivity index (χ1v) is 6.85. The zero-order valence-corrected chi connectivity index (χ0v) is 11.8. The van der Waals surface area contributed by atoms with Crippen molar-refractivity contribution < 1.29 is 4.79 Å². The van der Waals surface area contributed by atoms with Gasteiger partial charge in [0.15, 0.2) is 0 Å². The first-order valence-electron chi connectivity index (χ1n) is 5.73. The number of hydrogen-bond donors (Lipinski definition) is 1. The van der Waals surface area contributed by atoms with Crippen molar-refractivity contribution in [1.29, 1.82) is 0 Å². The van der Waals surface area contributed by atoms with Crippen molar-refractivity contribution in [2.24, 2.45) is 7.05 Å². The lowest BCUT2D eigenvalue weighted by Gasteiger charge is -2.04. The second-order valence-corrected chi connectivity index (χ2v) is 4.76. The number of nitrogens with zero attached hydrogens (tertiary/aromatic N) is 1. The maximum atomic E-state index is 11.9. The van der Waals surface area contributed by atoms with Gasteiger partial charge in [-0.15, -0.1) is 0 Å². The molecule has 0 spiro atoms. The van der Waals surface area contributed by atoms with Gasteiger partial charge < -0.3 is 9.88 Å². The van der Waals surface area contributed by atoms with Crippen molar-refractivity contribution in [2.45, 2.75) is 11.9 Å². The Morgan fingerprint density at radius 2 is 1.94 bits per heavy atom. The van der Waals surface area contributed by atoms with Crippen LogP contribution in [0.4, 0.5) is 0 Å². The summed E-state index contributed by atoms with van der Waals surface area (Å²) in [5.41, 5.74) is 2.95. The molecule has 0 aliphatic rings. The number of nitrogens with one attached hydrogen (secondary N) is 1. The summed E-state index contributed by atoms with van der Waals surface area (Å²) in [4.78, 5) is 11.9. The molecule has 1 N–H and O–H groups in total. The summed E-state index contributed by atoms with van der Waals surface area (Å²) in [6, 6.07) is 9.58. The summed E-state index contributed by atoms with van der Waals surface area (Å²) >= 11 is 3.38. The average molecular weight is 307 g/mol. The summed E-state index contributed by atoms with van der Waals surface area (Å²) in [7, 11) is 1.96. The lowest BCUT2D eigenvalue weighted by atomic mass is 10.1. The van der Waals surface area contributed by atoms with Crippen LogP contribution in [0.5, 0.6) is 0 Å². The first-order chi connectivity index (χ1) is 8.69. The van der Waals surface area contributed by atoms with E-state index >= 15 is 0 Å². The minimum absolute atomic E-state index is 0.0417. The summed E-state index contributed by atoms with van der Waals surface area (Å²) in [5.74, 6) is -0.0417. The van der Waals surface area contributed by atoms with E-state index in [2.05, 4.69) is 21.2 Å². The van der Waals surface area contributed by atoms with Gasteiger partial charge in [-0.2, -0.15) is 0 Å². The molecule has 0 unspecified atom stereocenters. The molecule has 2 rings (SSSR count). The van der Waals surface area contributed by atoms with Crippen LogP contribution in [0.25, 0.3) is 0 Å². The molecule has 0 aliphatic carbocycles. The predicted molar refractivity (Wildman–Crippen MR) is 75.7 cm³/mol. The van der Waals surface area contributed by atoms with Gasteiger partial charge in [0.1, 0.15) is 0 Å². The van der Waals surface area contributed by atoms with Gasteiger partial charge >= 0.3 is 0 Å². The molecule has 0 aliphatic heterocycles. The number of carbonyl (C=O) groups is 1. The molecule has 0 saturated carbocycles. The Morgan fingerprint density at radius 3 is 2.50 bits per heavy atom. The van der Waals surface area contributed by atoms with Crippen molar-refractivity contribution in [2.75, 3.05) is 0 Å². The van der Waals surface area contributed by atoms with E-state index in [9.17, 15) is 4.79 Å². The number of halogens is 1. The van der Waals surface area contributed by atoms with Crippen molar-refractivity contribution in [3.8, 4) is 0 Å². The number of rotatable bonds is 4. The van der Waals surface area contributed by atoms with Crippen molar-refractivity contribution in [3.63, 3.8) is 0 Å². The number of aryl methyl sites for hydroxylation is 1. The third-order valence-electron chi connectivity index (χ3n) is 2.72. The molecule has 3 nitrogen and oxygen atoms in total. The maximum Gasteiger partial charge on any atom is 0.251 e. The van der Waals surface area contributed by atoms with Crippen LogP contribution >= 0.6 is 15.9 Å². The molecule has 0 bridgehead atoms. The summed E-state index contributed by atoms with van der Waals surface area (Å²) < 4.78 is 1.96. The lowest BCUT2D eigenvalue weighted by molar-refractivity contribution is 0.0951. The molecule has 1 aromatic carbocycles. The molecule has 0 atom stereocenters. The Morgan fingerprint density at radius 1 is 1.22 bits per heavy atom. The summed E-state index contributed by atoms with van der Waals surface area (Å²) in [6.07, 6.45) is 3.96. The third kappa shape index (κ3) is 3.23. The van der Waals surface area contributed by atoms with Crippen molar-refractivity contribution in [1.82, 2.24) is 9.88 Å². The van der Waals surface area contributed by atoms with E-state index in [0.29, 0.717) is 12.1 Å². The van der Waals surface area contributed by atoms with Crippen LogP contribution in [0.3, 0.4) is 0 Å². The molecule has 0 radical (unpaired) electrons. The second-order valence-electron chi connectivity index (χ2n) is 4.20. The fourth-order valence-corrected chi connectivity index (χ4v) is 2.07. The van der Waals surface area contributed by atoms with Gasteiger partial charge in [-0.1, -0.05) is 28.1 Å². The normalized spacial score (nSPS) is 10.3. The molecule has 94 valence electrons. The highest BCUT2D eigenvalue weighted by atomic mass is 79.9. The molecule has 0 saturated heterocycles. The summed E-state index contributed by atoms with van der Waals surface area (Å²) in [5, 5.41) is 3.71. The van der Waals surface area contributed by atoms with E-state index in [1.807, 2.05) is 54.3 Å². The number of carbonyl (C=O) groups excluding carboxylic acids is 1. The van der Waals surface area contributed by atoms with E-state index in [-0.39, 0.29) is 5.91 Å². The van der Waals surface area contributed by atoms with Crippen molar-refractivity contribution >= 4 is 21.8 Å². The van der Waals surface area contributed by atoms with Crippen LogP contribution in [-0.2, 0) is 18.9 Å². The largest absolute Gasteiger partial charge is 0.357 e.